The molecule has 1 fully saturated rings. The molecule has 0 aliphatic carbocycles. The number of amides is 3. The average Bonchev–Trinajstić information content (AvgIpc) is 2.50. The fourth-order valence-electron chi connectivity index (χ4n) is 2.36. The van der Waals surface area contributed by atoms with Gasteiger partial charge in [-0.15, -0.1) is 0 Å². The first-order valence-electron chi connectivity index (χ1n) is 6.96. The summed E-state index contributed by atoms with van der Waals surface area (Å²) in [6, 6.07) is 3.20. The summed E-state index contributed by atoms with van der Waals surface area (Å²) in [5, 5.41) is 5.82. The van der Waals surface area contributed by atoms with Crippen molar-refractivity contribution in [1.82, 2.24) is 15.2 Å². The lowest BCUT2D eigenvalue weighted by Crippen LogP contribution is -2.41. The maximum absolute atomic E-state index is 12.1. The second-order valence-electron chi connectivity index (χ2n) is 5.11. The molecule has 0 aromatic carbocycles. The number of nitrogens with zero attached hydrogens (tertiary/aromatic N) is 2. The van der Waals surface area contributed by atoms with E-state index in [4.69, 9.17) is 11.6 Å². The summed E-state index contributed by atoms with van der Waals surface area (Å²) in [5.74, 6) is 0.413. The lowest BCUT2D eigenvalue weighted by Gasteiger charge is -2.31. The molecule has 6 nitrogen and oxygen atoms in total. The number of anilines is 1. The number of aromatic nitrogens is 1. The number of piperidine rings is 1. The number of halogens is 1. The molecule has 1 aliphatic heterocycles. The van der Waals surface area contributed by atoms with Crippen LogP contribution in [0.3, 0.4) is 0 Å². The van der Waals surface area contributed by atoms with Crippen LogP contribution in [0, 0.1) is 5.92 Å². The van der Waals surface area contributed by atoms with Crippen LogP contribution in [0.25, 0.3) is 0 Å². The summed E-state index contributed by atoms with van der Waals surface area (Å²) >= 11 is 5.70. The summed E-state index contributed by atoms with van der Waals surface area (Å²) in [6.45, 7) is 1.32. The van der Waals surface area contributed by atoms with E-state index in [0.29, 0.717) is 36.3 Å². The molecule has 0 atom stereocenters. The van der Waals surface area contributed by atoms with Crippen molar-refractivity contribution >= 4 is 29.2 Å². The molecule has 2 heterocycles. The van der Waals surface area contributed by atoms with E-state index in [0.717, 1.165) is 12.8 Å². The molecule has 0 unspecified atom stereocenters. The van der Waals surface area contributed by atoms with E-state index < -0.39 is 0 Å². The van der Waals surface area contributed by atoms with Crippen molar-refractivity contribution in [1.29, 1.82) is 0 Å². The highest BCUT2D eigenvalue weighted by molar-refractivity contribution is 6.29. The van der Waals surface area contributed by atoms with E-state index in [1.54, 1.807) is 24.1 Å². The molecular weight excluding hydrogens is 292 g/mol. The SMILES string of the molecule is CNC(=O)CC1CCN(C(=O)Nc2ccc(Cl)nc2)CC1. The molecular formula is C14H19ClN4O2. The highest BCUT2D eigenvalue weighted by Gasteiger charge is 2.24. The van der Waals surface area contributed by atoms with Crippen molar-refractivity contribution in [2.45, 2.75) is 19.3 Å². The van der Waals surface area contributed by atoms with Gasteiger partial charge in [-0.3, -0.25) is 4.79 Å². The number of rotatable bonds is 3. The van der Waals surface area contributed by atoms with Crippen LogP contribution < -0.4 is 10.6 Å². The molecule has 21 heavy (non-hydrogen) atoms. The number of nitrogens with one attached hydrogen (secondary N) is 2. The van der Waals surface area contributed by atoms with Gasteiger partial charge in [0.25, 0.3) is 0 Å². The predicted octanol–water partition coefficient (Wildman–Crippen LogP) is 2.11. The Bertz CT molecular complexity index is 498. The maximum atomic E-state index is 12.1. The predicted molar refractivity (Wildman–Crippen MR) is 81.2 cm³/mol. The minimum Gasteiger partial charge on any atom is -0.359 e. The molecule has 1 aromatic heterocycles. The second-order valence-corrected chi connectivity index (χ2v) is 5.49. The van der Waals surface area contributed by atoms with Gasteiger partial charge in [0.05, 0.1) is 11.9 Å². The van der Waals surface area contributed by atoms with Crippen molar-refractivity contribution in [3.05, 3.63) is 23.5 Å². The van der Waals surface area contributed by atoms with Crippen LogP contribution in [0.15, 0.2) is 18.3 Å². The number of carbonyl (C=O) groups is 2. The van der Waals surface area contributed by atoms with Crippen LogP contribution in [0.2, 0.25) is 5.15 Å². The van der Waals surface area contributed by atoms with Gasteiger partial charge in [-0.05, 0) is 30.9 Å². The Labute approximate surface area is 128 Å². The van der Waals surface area contributed by atoms with Crippen LogP contribution in [0.1, 0.15) is 19.3 Å². The normalized spacial score (nSPS) is 15.6. The molecule has 0 spiro atoms. The molecule has 114 valence electrons. The second kappa shape index (κ2) is 7.26. The first-order valence-corrected chi connectivity index (χ1v) is 7.34. The summed E-state index contributed by atoms with van der Waals surface area (Å²) in [5.41, 5.74) is 0.622. The first-order chi connectivity index (χ1) is 10.1. The molecule has 2 rings (SSSR count). The third-order valence-corrected chi connectivity index (χ3v) is 3.86. The fraction of sp³-hybridized carbons (Fsp3) is 0.500. The molecule has 1 aliphatic rings. The van der Waals surface area contributed by atoms with Gasteiger partial charge in [0, 0.05) is 26.6 Å². The van der Waals surface area contributed by atoms with Crippen LogP contribution >= 0.6 is 11.6 Å². The van der Waals surface area contributed by atoms with Gasteiger partial charge in [-0.1, -0.05) is 11.6 Å². The van der Waals surface area contributed by atoms with E-state index in [-0.39, 0.29) is 11.9 Å². The van der Waals surface area contributed by atoms with Crippen molar-refractivity contribution in [3.63, 3.8) is 0 Å². The summed E-state index contributed by atoms with van der Waals surface area (Å²) in [4.78, 5) is 29.1. The number of likely N-dealkylation sites (tertiary alicyclic amines) is 1. The smallest absolute Gasteiger partial charge is 0.321 e. The zero-order valence-corrected chi connectivity index (χ0v) is 12.7. The Hall–Kier alpha value is -1.82. The number of urea groups is 1. The largest absolute Gasteiger partial charge is 0.359 e. The van der Waals surface area contributed by atoms with Gasteiger partial charge in [0.1, 0.15) is 5.15 Å². The van der Waals surface area contributed by atoms with E-state index >= 15 is 0 Å². The Kier molecular flexibility index (Phi) is 5.38. The zero-order chi connectivity index (χ0) is 15.2. The number of carbonyl (C=O) groups excluding carboxylic acids is 2. The molecule has 1 aromatic rings. The third-order valence-electron chi connectivity index (χ3n) is 3.63. The van der Waals surface area contributed by atoms with Gasteiger partial charge in [0.2, 0.25) is 5.91 Å². The van der Waals surface area contributed by atoms with Crippen LogP contribution in [-0.2, 0) is 4.79 Å². The quantitative estimate of drug-likeness (QED) is 0.840. The zero-order valence-electron chi connectivity index (χ0n) is 11.9. The first kappa shape index (κ1) is 15.6. The topological polar surface area (TPSA) is 74.3 Å². The van der Waals surface area contributed by atoms with E-state index in [1.165, 1.54) is 6.20 Å². The van der Waals surface area contributed by atoms with E-state index in [2.05, 4.69) is 15.6 Å². The van der Waals surface area contributed by atoms with Gasteiger partial charge in [-0.2, -0.15) is 0 Å². The van der Waals surface area contributed by atoms with E-state index in [1.807, 2.05) is 0 Å². The summed E-state index contributed by atoms with van der Waals surface area (Å²) in [6.07, 6.45) is 3.76. The minimum absolute atomic E-state index is 0.0603. The average molecular weight is 311 g/mol. The highest BCUT2D eigenvalue weighted by Crippen LogP contribution is 2.21. The van der Waals surface area contributed by atoms with Gasteiger partial charge < -0.3 is 15.5 Å². The van der Waals surface area contributed by atoms with Crippen molar-refractivity contribution in [2.24, 2.45) is 5.92 Å². The lowest BCUT2D eigenvalue weighted by molar-refractivity contribution is -0.121. The van der Waals surface area contributed by atoms with Crippen LogP contribution in [0.5, 0.6) is 0 Å². The molecule has 2 N–H and O–H groups in total. The highest BCUT2D eigenvalue weighted by atomic mass is 35.5. The summed E-state index contributed by atoms with van der Waals surface area (Å²) in [7, 11) is 1.64. The van der Waals surface area contributed by atoms with Crippen LogP contribution in [0.4, 0.5) is 10.5 Å². The number of pyridine rings is 1. The molecule has 7 heteroatoms. The Morgan fingerprint density at radius 3 is 2.67 bits per heavy atom. The lowest BCUT2D eigenvalue weighted by atomic mass is 9.93. The van der Waals surface area contributed by atoms with Crippen molar-refractivity contribution in [3.8, 4) is 0 Å². The fourth-order valence-corrected chi connectivity index (χ4v) is 2.47. The molecule has 3 amide bonds. The van der Waals surface area contributed by atoms with E-state index in [9.17, 15) is 9.59 Å². The van der Waals surface area contributed by atoms with Gasteiger partial charge in [0.15, 0.2) is 0 Å². The number of hydrogen-bond donors (Lipinski definition) is 2. The Morgan fingerprint density at radius 1 is 1.38 bits per heavy atom. The molecule has 1 saturated heterocycles. The molecule has 0 saturated carbocycles. The van der Waals surface area contributed by atoms with Gasteiger partial charge >= 0.3 is 6.03 Å². The Balaban J connectivity index is 1.80. The molecule has 0 bridgehead atoms. The van der Waals surface area contributed by atoms with Crippen molar-refractivity contribution < 1.29 is 9.59 Å². The van der Waals surface area contributed by atoms with Crippen LogP contribution in [-0.4, -0.2) is 42.0 Å². The molecule has 0 radical (unpaired) electrons. The van der Waals surface area contributed by atoms with Crippen molar-refractivity contribution in [2.75, 3.05) is 25.5 Å². The minimum atomic E-state index is -0.141. The standard InChI is InChI=1S/C14H19ClN4O2/c1-16-13(20)8-10-4-6-19(7-5-10)14(21)18-11-2-3-12(15)17-9-11/h2-3,9-10H,4-8H2,1H3,(H,16,20)(H,18,21). The monoisotopic (exact) mass is 310 g/mol. The van der Waals surface area contributed by atoms with Gasteiger partial charge in [-0.25, -0.2) is 9.78 Å². The third kappa shape index (κ3) is 4.60. The Morgan fingerprint density at radius 2 is 2.10 bits per heavy atom. The maximum Gasteiger partial charge on any atom is 0.321 e. The summed E-state index contributed by atoms with van der Waals surface area (Å²) < 4.78 is 0. The number of hydrogen-bond acceptors (Lipinski definition) is 3.